The fraction of sp³-hybridized carbons (Fsp3) is 0.923. The Labute approximate surface area is 112 Å². The molecule has 1 atom stereocenters. The quantitative estimate of drug-likeness (QED) is 0.722. The number of rotatable bonds is 6. The van der Waals surface area contributed by atoms with Crippen molar-refractivity contribution in [2.24, 2.45) is 11.8 Å². The van der Waals surface area contributed by atoms with Crippen molar-refractivity contribution in [3.63, 3.8) is 0 Å². The SMILES string of the molecule is CNCCNC(=O)C(C)CC1CCCCC1.Cl. The van der Waals surface area contributed by atoms with Crippen LogP contribution in [0.5, 0.6) is 0 Å². The first-order valence-electron chi connectivity index (χ1n) is 6.66. The van der Waals surface area contributed by atoms with Crippen LogP contribution in [0.15, 0.2) is 0 Å². The number of carbonyl (C=O) groups excluding carboxylic acids is 1. The number of carbonyl (C=O) groups is 1. The molecule has 1 aliphatic rings. The van der Waals surface area contributed by atoms with Crippen LogP contribution in [0.4, 0.5) is 0 Å². The van der Waals surface area contributed by atoms with Gasteiger partial charge in [-0.05, 0) is 19.4 Å². The van der Waals surface area contributed by atoms with Crippen LogP contribution >= 0.6 is 12.4 Å². The largest absolute Gasteiger partial charge is 0.355 e. The van der Waals surface area contributed by atoms with Crippen LogP contribution in [0, 0.1) is 11.8 Å². The lowest BCUT2D eigenvalue weighted by molar-refractivity contribution is -0.125. The molecular weight excluding hydrogens is 236 g/mol. The Hall–Kier alpha value is -0.280. The molecule has 2 N–H and O–H groups in total. The van der Waals surface area contributed by atoms with Crippen molar-refractivity contribution in [3.05, 3.63) is 0 Å². The van der Waals surface area contributed by atoms with Crippen molar-refractivity contribution in [2.75, 3.05) is 20.1 Å². The normalized spacial score (nSPS) is 18.2. The summed E-state index contributed by atoms with van der Waals surface area (Å²) >= 11 is 0. The van der Waals surface area contributed by atoms with Crippen LogP contribution in [0.1, 0.15) is 45.4 Å². The molecule has 17 heavy (non-hydrogen) atoms. The molecule has 0 bridgehead atoms. The zero-order valence-corrected chi connectivity index (χ0v) is 11.9. The van der Waals surface area contributed by atoms with Crippen molar-refractivity contribution in [1.29, 1.82) is 0 Å². The van der Waals surface area contributed by atoms with E-state index in [4.69, 9.17) is 0 Å². The highest BCUT2D eigenvalue weighted by atomic mass is 35.5. The van der Waals surface area contributed by atoms with Crippen molar-refractivity contribution in [3.8, 4) is 0 Å². The summed E-state index contributed by atoms with van der Waals surface area (Å²) in [7, 11) is 1.90. The van der Waals surface area contributed by atoms with Gasteiger partial charge in [-0.15, -0.1) is 12.4 Å². The van der Waals surface area contributed by atoms with Gasteiger partial charge < -0.3 is 10.6 Å². The first kappa shape index (κ1) is 16.7. The summed E-state index contributed by atoms with van der Waals surface area (Å²) in [6, 6.07) is 0. The summed E-state index contributed by atoms with van der Waals surface area (Å²) in [5.74, 6) is 1.19. The number of hydrogen-bond donors (Lipinski definition) is 2. The summed E-state index contributed by atoms with van der Waals surface area (Å²) in [6.07, 6.45) is 7.84. The van der Waals surface area contributed by atoms with Crippen LogP contribution in [-0.4, -0.2) is 26.0 Å². The second-order valence-corrected chi connectivity index (χ2v) is 5.04. The highest BCUT2D eigenvalue weighted by molar-refractivity contribution is 5.85. The monoisotopic (exact) mass is 262 g/mol. The molecule has 1 fully saturated rings. The molecule has 1 saturated carbocycles. The van der Waals surface area contributed by atoms with Crippen molar-refractivity contribution < 1.29 is 4.79 Å². The maximum atomic E-state index is 11.8. The summed E-state index contributed by atoms with van der Waals surface area (Å²) in [5, 5.41) is 6.00. The number of hydrogen-bond acceptors (Lipinski definition) is 2. The molecule has 0 heterocycles. The molecule has 1 amide bonds. The summed E-state index contributed by atoms with van der Waals surface area (Å²) in [5.41, 5.74) is 0. The summed E-state index contributed by atoms with van der Waals surface area (Å²) < 4.78 is 0. The third kappa shape index (κ3) is 6.89. The summed E-state index contributed by atoms with van der Waals surface area (Å²) in [6.45, 7) is 3.65. The summed E-state index contributed by atoms with van der Waals surface area (Å²) in [4.78, 5) is 11.8. The van der Waals surface area contributed by atoms with Gasteiger partial charge in [0.1, 0.15) is 0 Å². The molecule has 4 heteroatoms. The minimum atomic E-state index is 0. The smallest absolute Gasteiger partial charge is 0.222 e. The molecule has 3 nitrogen and oxygen atoms in total. The Balaban J connectivity index is 0.00000256. The standard InChI is InChI=1S/C13H26N2O.ClH/c1-11(13(16)15-9-8-14-2)10-12-6-4-3-5-7-12;/h11-12,14H,3-10H2,1-2H3,(H,15,16);1H. The molecule has 0 aliphatic heterocycles. The van der Waals surface area contributed by atoms with Crippen LogP contribution in [0.3, 0.4) is 0 Å². The van der Waals surface area contributed by atoms with E-state index >= 15 is 0 Å². The maximum Gasteiger partial charge on any atom is 0.222 e. The fourth-order valence-electron chi connectivity index (χ4n) is 2.51. The predicted octanol–water partition coefficient (Wildman–Crippen LogP) is 2.35. The van der Waals surface area contributed by atoms with E-state index in [0.717, 1.165) is 25.4 Å². The van der Waals surface area contributed by atoms with Crippen LogP contribution in [0.25, 0.3) is 0 Å². The van der Waals surface area contributed by atoms with Gasteiger partial charge in [-0.3, -0.25) is 4.79 Å². The van der Waals surface area contributed by atoms with Crippen molar-refractivity contribution in [1.82, 2.24) is 10.6 Å². The van der Waals surface area contributed by atoms with Gasteiger partial charge in [0, 0.05) is 19.0 Å². The van der Waals surface area contributed by atoms with Gasteiger partial charge in [0.2, 0.25) is 5.91 Å². The molecule has 0 spiro atoms. The second kappa shape index (κ2) is 9.72. The number of likely N-dealkylation sites (N-methyl/N-ethyl adjacent to an activating group) is 1. The lowest BCUT2D eigenvalue weighted by atomic mass is 9.83. The Morgan fingerprint density at radius 3 is 2.47 bits per heavy atom. The van der Waals surface area contributed by atoms with Crippen LogP contribution in [0.2, 0.25) is 0 Å². The zero-order chi connectivity index (χ0) is 11.8. The molecule has 0 aromatic carbocycles. The maximum absolute atomic E-state index is 11.8. The van der Waals surface area contributed by atoms with E-state index in [-0.39, 0.29) is 24.2 Å². The third-order valence-corrected chi connectivity index (χ3v) is 3.53. The number of halogens is 1. The van der Waals surface area contributed by atoms with E-state index in [2.05, 4.69) is 17.6 Å². The molecule has 1 unspecified atom stereocenters. The highest BCUT2D eigenvalue weighted by Gasteiger charge is 2.20. The Kier molecular flexibility index (Phi) is 9.56. The Morgan fingerprint density at radius 2 is 1.88 bits per heavy atom. The van der Waals surface area contributed by atoms with E-state index < -0.39 is 0 Å². The van der Waals surface area contributed by atoms with E-state index in [1.54, 1.807) is 0 Å². The Bertz CT molecular complexity index is 206. The van der Waals surface area contributed by atoms with Crippen molar-refractivity contribution >= 4 is 18.3 Å². The van der Waals surface area contributed by atoms with Gasteiger partial charge in [-0.2, -0.15) is 0 Å². The van der Waals surface area contributed by atoms with E-state index in [0.29, 0.717) is 0 Å². The van der Waals surface area contributed by atoms with Gasteiger partial charge in [-0.25, -0.2) is 0 Å². The van der Waals surface area contributed by atoms with Gasteiger partial charge in [-0.1, -0.05) is 39.0 Å². The first-order chi connectivity index (χ1) is 7.74. The number of amides is 1. The second-order valence-electron chi connectivity index (χ2n) is 5.04. The number of nitrogens with one attached hydrogen (secondary N) is 2. The lowest BCUT2D eigenvalue weighted by Crippen LogP contribution is -2.35. The van der Waals surface area contributed by atoms with Gasteiger partial charge in [0.25, 0.3) is 0 Å². The minimum absolute atomic E-state index is 0. The van der Waals surface area contributed by atoms with Gasteiger partial charge in [0.15, 0.2) is 0 Å². The van der Waals surface area contributed by atoms with E-state index in [9.17, 15) is 4.79 Å². The molecule has 102 valence electrons. The van der Waals surface area contributed by atoms with Crippen LogP contribution < -0.4 is 10.6 Å². The minimum Gasteiger partial charge on any atom is -0.355 e. The first-order valence-corrected chi connectivity index (χ1v) is 6.66. The van der Waals surface area contributed by atoms with Crippen LogP contribution in [-0.2, 0) is 4.79 Å². The van der Waals surface area contributed by atoms with E-state index in [1.165, 1.54) is 32.1 Å². The fourth-order valence-corrected chi connectivity index (χ4v) is 2.51. The molecule has 0 aromatic heterocycles. The van der Waals surface area contributed by atoms with Gasteiger partial charge >= 0.3 is 0 Å². The predicted molar refractivity (Wildman–Crippen MR) is 74.5 cm³/mol. The lowest BCUT2D eigenvalue weighted by Gasteiger charge is -2.24. The Morgan fingerprint density at radius 1 is 1.24 bits per heavy atom. The third-order valence-electron chi connectivity index (χ3n) is 3.53. The molecule has 0 radical (unpaired) electrons. The van der Waals surface area contributed by atoms with Crippen molar-refractivity contribution in [2.45, 2.75) is 45.4 Å². The molecular formula is C13H27ClN2O. The topological polar surface area (TPSA) is 41.1 Å². The molecule has 1 rings (SSSR count). The van der Waals surface area contributed by atoms with E-state index in [1.807, 2.05) is 7.05 Å². The molecule has 1 aliphatic carbocycles. The molecule has 0 aromatic rings. The van der Waals surface area contributed by atoms with Gasteiger partial charge in [0.05, 0.1) is 0 Å². The highest BCUT2D eigenvalue weighted by Crippen LogP contribution is 2.28. The average Bonchev–Trinajstić information content (AvgIpc) is 2.30. The average molecular weight is 263 g/mol. The zero-order valence-electron chi connectivity index (χ0n) is 11.1. The molecule has 0 saturated heterocycles.